The Morgan fingerprint density at radius 2 is 1.91 bits per heavy atom. The van der Waals surface area contributed by atoms with E-state index >= 15 is 0 Å². The number of hydrogen-bond acceptors (Lipinski definition) is 7. The third kappa shape index (κ3) is 7.27. The zero-order valence-corrected chi connectivity index (χ0v) is 19.5. The van der Waals surface area contributed by atoms with Crippen molar-refractivity contribution in [1.82, 2.24) is 20.1 Å². The quantitative estimate of drug-likeness (QED) is 0.266. The van der Waals surface area contributed by atoms with Crippen molar-refractivity contribution in [1.29, 1.82) is 0 Å². The monoisotopic (exact) mass is 484 g/mol. The number of amides is 5. The van der Waals surface area contributed by atoms with Crippen molar-refractivity contribution in [3.63, 3.8) is 0 Å². The fraction of sp³-hybridized carbons (Fsp3) is 0.600. The number of urea groups is 1. The van der Waals surface area contributed by atoms with Crippen LogP contribution in [0.3, 0.4) is 0 Å². The summed E-state index contributed by atoms with van der Waals surface area (Å²) in [6.07, 6.45) is 8.04. The molecule has 1 fully saturated rings. The molecule has 10 nitrogen and oxygen atoms in total. The van der Waals surface area contributed by atoms with Gasteiger partial charge in [0.1, 0.15) is 11.9 Å². The van der Waals surface area contributed by atoms with E-state index in [1.54, 1.807) is 6.29 Å². The van der Waals surface area contributed by atoms with Crippen molar-refractivity contribution in [2.24, 2.45) is 0 Å². The van der Waals surface area contributed by atoms with Gasteiger partial charge in [0.2, 0.25) is 12.2 Å². The van der Waals surface area contributed by atoms with Gasteiger partial charge in [0.15, 0.2) is 5.13 Å². The van der Waals surface area contributed by atoms with Gasteiger partial charge in [-0.1, -0.05) is 39.0 Å². The Balaban J connectivity index is 1.87. The van der Waals surface area contributed by atoms with E-state index in [9.17, 15) is 24.0 Å². The maximum absolute atomic E-state index is 12.5. The second kappa shape index (κ2) is 13.1. The van der Waals surface area contributed by atoms with E-state index in [0.717, 1.165) is 48.3 Å². The third-order valence-corrected chi connectivity index (χ3v) is 5.93. The summed E-state index contributed by atoms with van der Waals surface area (Å²) in [5.74, 6) is -2.38. The summed E-state index contributed by atoms with van der Waals surface area (Å²) >= 11 is 6.46. The predicted molar refractivity (Wildman–Crippen MR) is 120 cm³/mol. The summed E-state index contributed by atoms with van der Waals surface area (Å²) in [5.41, 5.74) is 0.142. The number of halogens is 1. The lowest BCUT2D eigenvalue weighted by Crippen LogP contribution is -2.58. The highest BCUT2D eigenvalue weighted by atomic mass is 35.5. The number of nitrogens with zero attached hydrogens (tertiary/aromatic N) is 3. The van der Waals surface area contributed by atoms with Crippen molar-refractivity contribution in [2.75, 3.05) is 30.8 Å². The van der Waals surface area contributed by atoms with Gasteiger partial charge in [0.05, 0.1) is 5.69 Å². The molecule has 5 amide bonds. The van der Waals surface area contributed by atoms with Crippen LogP contribution in [0.15, 0.2) is 5.38 Å². The minimum Gasteiger partial charge on any atom is -0.333 e. The number of carbonyl (C=O) groups is 4. The molecule has 12 heteroatoms. The number of piperazine rings is 1. The molecule has 1 aliphatic rings. The van der Waals surface area contributed by atoms with Gasteiger partial charge in [-0.2, -0.15) is 0 Å². The van der Waals surface area contributed by atoms with Gasteiger partial charge in [0.25, 0.3) is 0 Å². The molecule has 32 heavy (non-hydrogen) atoms. The summed E-state index contributed by atoms with van der Waals surface area (Å²) in [6, 6.07) is -2.14. The highest BCUT2D eigenvalue weighted by molar-refractivity contribution is 7.14. The molecule has 0 aromatic carbocycles. The van der Waals surface area contributed by atoms with Crippen LogP contribution >= 0.6 is 22.9 Å². The lowest BCUT2D eigenvalue weighted by atomic mass is 10.1. The molecule has 1 unspecified atom stereocenters. The van der Waals surface area contributed by atoms with Gasteiger partial charge >= 0.3 is 17.8 Å². The van der Waals surface area contributed by atoms with Crippen LogP contribution in [0.25, 0.3) is 0 Å². The van der Waals surface area contributed by atoms with Crippen LogP contribution in [0.1, 0.15) is 57.2 Å². The van der Waals surface area contributed by atoms with Crippen molar-refractivity contribution in [3.05, 3.63) is 11.1 Å². The molecule has 1 atom stereocenters. The fourth-order valence-electron chi connectivity index (χ4n) is 3.16. The van der Waals surface area contributed by atoms with Crippen LogP contribution in [-0.2, 0) is 19.2 Å². The zero-order chi connectivity index (χ0) is 23.5. The first-order valence-electron chi connectivity index (χ1n) is 10.5. The van der Waals surface area contributed by atoms with Crippen LogP contribution < -0.4 is 10.6 Å². The number of aromatic nitrogens is 1. The number of carbonyl (C=O) groups excluding carboxylic acids is 5. The lowest BCUT2D eigenvalue weighted by molar-refractivity contribution is -0.153. The van der Waals surface area contributed by atoms with E-state index < -0.39 is 29.8 Å². The molecule has 2 rings (SSSR count). The number of rotatable bonds is 12. The van der Waals surface area contributed by atoms with Crippen LogP contribution in [0.2, 0.25) is 0 Å². The van der Waals surface area contributed by atoms with Gasteiger partial charge < -0.3 is 15.5 Å². The van der Waals surface area contributed by atoms with Crippen LogP contribution in [0.5, 0.6) is 0 Å². The summed E-state index contributed by atoms with van der Waals surface area (Å²) in [7, 11) is 0. The van der Waals surface area contributed by atoms with Gasteiger partial charge in [-0.15, -0.1) is 22.9 Å². The Kier molecular flexibility index (Phi) is 10.5. The molecular formula is C20H27ClN5O5S. The maximum Gasteiger partial charge on any atom is 0.325 e. The summed E-state index contributed by atoms with van der Waals surface area (Å²) in [5, 5.41) is 6.45. The number of nitrogens with one attached hydrogen (secondary N) is 2. The van der Waals surface area contributed by atoms with Crippen molar-refractivity contribution in [3.8, 4) is 0 Å². The number of anilines is 1. The minimum absolute atomic E-state index is 0.0336. The van der Waals surface area contributed by atoms with Crippen LogP contribution in [0, 0.1) is 0 Å². The molecule has 1 aromatic heterocycles. The maximum atomic E-state index is 12.5. The van der Waals surface area contributed by atoms with E-state index in [1.165, 1.54) is 16.7 Å². The molecule has 1 aromatic rings. The van der Waals surface area contributed by atoms with E-state index in [1.807, 2.05) is 0 Å². The molecule has 1 aliphatic heterocycles. The Hall–Kier alpha value is -2.53. The highest BCUT2D eigenvalue weighted by Crippen LogP contribution is 2.20. The first-order chi connectivity index (χ1) is 15.4. The number of thiazole rings is 1. The topological polar surface area (TPSA) is 129 Å². The van der Waals surface area contributed by atoms with Gasteiger partial charge in [-0.05, 0) is 6.42 Å². The molecule has 0 aliphatic carbocycles. The fourth-order valence-corrected chi connectivity index (χ4v) is 3.98. The summed E-state index contributed by atoms with van der Waals surface area (Å²) < 4.78 is 0. The Labute approximate surface area is 195 Å². The van der Waals surface area contributed by atoms with E-state index in [0.29, 0.717) is 6.54 Å². The molecule has 1 radical (unpaired) electrons. The Morgan fingerprint density at radius 1 is 1.19 bits per heavy atom. The molecule has 175 valence electrons. The largest absolute Gasteiger partial charge is 0.333 e. The molecule has 2 heterocycles. The molecule has 2 N–H and O–H groups in total. The zero-order valence-electron chi connectivity index (χ0n) is 17.9. The van der Waals surface area contributed by atoms with Crippen LogP contribution in [0.4, 0.5) is 9.93 Å². The summed E-state index contributed by atoms with van der Waals surface area (Å²) in [6.45, 7) is 2.90. The van der Waals surface area contributed by atoms with Crippen LogP contribution in [-0.4, -0.2) is 70.3 Å². The predicted octanol–water partition coefficient (Wildman–Crippen LogP) is 2.21. The van der Waals surface area contributed by atoms with Crippen molar-refractivity contribution >= 4 is 58.1 Å². The normalized spacial score (nSPS) is 14.9. The molecule has 0 spiro atoms. The van der Waals surface area contributed by atoms with Gasteiger partial charge in [-0.3, -0.25) is 24.1 Å². The molecule has 0 bridgehead atoms. The summed E-state index contributed by atoms with van der Waals surface area (Å²) in [4.78, 5) is 66.3. The van der Waals surface area contributed by atoms with Crippen molar-refractivity contribution in [2.45, 2.75) is 51.5 Å². The van der Waals surface area contributed by atoms with Crippen molar-refractivity contribution < 1.29 is 24.0 Å². The lowest BCUT2D eigenvalue weighted by Gasteiger charge is -2.32. The SMILES string of the molecule is CCCCCCCCN1CCN(C(=O)NC([C]=O)c2csc(NC(=O)CCl)n2)C(=O)C1=O. The third-order valence-electron chi connectivity index (χ3n) is 4.91. The molecule has 0 saturated carbocycles. The van der Waals surface area contributed by atoms with E-state index in [4.69, 9.17) is 11.6 Å². The standard InChI is InChI=1S/C20H27ClN5O5S/c1-2-3-4-5-6-7-8-25-9-10-26(18(30)17(25)29)20(31)23-14(12-27)15-13-32-19(22-15)24-16(28)11-21/h13-14H,2-11H2,1H3,(H,23,31)(H,22,24,28). The average molecular weight is 485 g/mol. The molecule has 1 saturated heterocycles. The first kappa shape index (κ1) is 25.7. The highest BCUT2D eigenvalue weighted by Gasteiger charge is 2.36. The van der Waals surface area contributed by atoms with E-state index in [2.05, 4.69) is 22.5 Å². The first-order valence-corrected chi connectivity index (χ1v) is 11.9. The van der Waals surface area contributed by atoms with E-state index in [-0.39, 0.29) is 29.8 Å². The van der Waals surface area contributed by atoms with Gasteiger partial charge in [0, 0.05) is 25.0 Å². The number of imide groups is 1. The molecular weight excluding hydrogens is 458 g/mol. The second-order valence-electron chi connectivity index (χ2n) is 7.28. The number of hydrogen-bond donors (Lipinski definition) is 2. The Bertz CT molecular complexity index is 833. The number of unbranched alkanes of at least 4 members (excludes halogenated alkanes) is 5. The Morgan fingerprint density at radius 3 is 2.59 bits per heavy atom. The second-order valence-corrected chi connectivity index (χ2v) is 8.40. The minimum atomic E-state index is -1.26. The van der Waals surface area contributed by atoms with Gasteiger partial charge in [-0.25, -0.2) is 9.78 Å². The average Bonchev–Trinajstić information content (AvgIpc) is 3.25. The smallest absolute Gasteiger partial charge is 0.325 e. The number of alkyl halides is 1.